The number of hydrogen-bond acceptors (Lipinski definition) is 6. The van der Waals surface area contributed by atoms with Gasteiger partial charge in [-0.2, -0.15) is 0 Å². The van der Waals surface area contributed by atoms with Crippen molar-refractivity contribution in [1.29, 1.82) is 0 Å². The molecule has 1 aliphatic heterocycles. The molecule has 0 saturated heterocycles. The molecule has 2 amide bonds. The Morgan fingerprint density at radius 2 is 1.67 bits per heavy atom. The number of nitrogens with zero attached hydrogens (tertiary/aromatic N) is 1. The molecule has 0 bridgehead atoms. The number of carbonyl (C=O) groups is 2. The minimum Gasteiger partial charge on any atom is -0.504 e. The van der Waals surface area contributed by atoms with Gasteiger partial charge in [-0.05, 0) is 65.9 Å². The minimum atomic E-state index is -0.924. The molecule has 0 unspecified atom stereocenters. The predicted octanol–water partition coefficient (Wildman–Crippen LogP) is 4.04. The van der Waals surface area contributed by atoms with Crippen molar-refractivity contribution in [3.63, 3.8) is 0 Å². The molecule has 188 valence electrons. The molecule has 0 aromatic heterocycles. The maximum Gasteiger partial charge on any atom is 0.256 e. The number of phenols is 4. The van der Waals surface area contributed by atoms with E-state index in [0.717, 1.165) is 0 Å². The lowest BCUT2D eigenvalue weighted by Crippen LogP contribution is -2.55. The van der Waals surface area contributed by atoms with Crippen LogP contribution in [0.1, 0.15) is 46.4 Å². The number of aromatic hydroxyl groups is 4. The molecule has 3 aromatic carbocycles. The molecule has 0 spiro atoms. The molecule has 1 aliphatic rings. The molecule has 1 heterocycles. The standard InChI is InChI=1S/C27H27ClN2O6/c1-2-9-29-26(35)21-12-16-13-24(33)25(34)14-18(16)20(10-15-7-8-22(31)23(32)11-15)30(21)27(36)17-5-3-4-6-19(17)28/h3-8,11,13-14,20-21,31-34H,2,9-10,12H2,1H3,(H,29,35)/t20-,21-/m0/s1. The highest BCUT2D eigenvalue weighted by atomic mass is 35.5. The van der Waals surface area contributed by atoms with Gasteiger partial charge in [0.25, 0.3) is 5.91 Å². The average Bonchev–Trinajstić information content (AvgIpc) is 2.85. The molecular weight excluding hydrogens is 484 g/mol. The minimum absolute atomic E-state index is 0.117. The Balaban J connectivity index is 1.88. The highest BCUT2D eigenvalue weighted by molar-refractivity contribution is 6.33. The van der Waals surface area contributed by atoms with Gasteiger partial charge in [-0.25, -0.2) is 0 Å². The lowest BCUT2D eigenvalue weighted by molar-refractivity contribution is -0.126. The van der Waals surface area contributed by atoms with Crippen LogP contribution in [0, 0.1) is 0 Å². The van der Waals surface area contributed by atoms with Crippen molar-refractivity contribution in [1.82, 2.24) is 10.2 Å². The van der Waals surface area contributed by atoms with Crippen LogP contribution >= 0.6 is 11.6 Å². The number of benzene rings is 3. The van der Waals surface area contributed by atoms with Crippen molar-refractivity contribution in [3.8, 4) is 23.0 Å². The maximum absolute atomic E-state index is 14.0. The number of carbonyl (C=O) groups excluding carboxylic acids is 2. The Kier molecular flexibility index (Phi) is 7.26. The molecule has 5 N–H and O–H groups in total. The van der Waals surface area contributed by atoms with Crippen molar-refractivity contribution in [2.75, 3.05) is 6.54 Å². The van der Waals surface area contributed by atoms with Gasteiger partial charge in [-0.3, -0.25) is 9.59 Å². The van der Waals surface area contributed by atoms with Gasteiger partial charge in [-0.15, -0.1) is 0 Å². The fourth-order valence-electron chi connectivity index (χ4n) is 4.57. The van der Waals surface area contributed by atoms with Crippen LogP contribution in [0.2, 0.25) is 5.02 Å². The van der Waals surface area contributed by atoms with Crippen LogP contribution in [0.3, 0.4) is 0 Å². The number of amides is 2. The normalized spacial score (nSPS) is 16.9. The zero-order chi connectivity index (χ0) is 26.0. The van der Waals surface area contributed by atoms with Crippen LogP contribution in [0.4, 0.5) is 0 Å². The van der Waals surface area contributed by atoms with Crippen LogP contribution in [0.25, 0.3) is 0 Å². The van der Waals surface area contributed by atoms with Crippen LogP contribution in [-0.2, 0) is 17.6 Å². The molecular formula is C27H27ClN2O6. The van der Waals surface area contributed by atoms with E-state index in [0.29, 0.717) is 29.7 Å². The number of hydrogen-bond donors (Lipinski definition) is 5. The number of rotatable bonds is 6. The molecule has 0 saturated carbocycles. The van der Waals surface area contributed by atoms with E-state index < -0.39 is 18.0 Å². The molecule has 0 fully saturated rings. The fraction of sp³-hybridized carbons (Fsp3) is 0.259. The van der Waals surface area contributed by atoms with E-state index in [1.807, 2.05) is 6.92 Å². The monoisotopic (exact) mass is 510 g/mol. The van der Waals surface area contributed by atoms with E-state index in [1.54, 1.807) is 30.3 Å². The smallest absolute Gasteiger partial charge is 0.256 e. The highest BCUT2D eigenvalue weighted by Crippen LogP contribution is 2.42. The Labute approximate surface area is 213 Å². The summed E-state index contributed by atoms with van der Waals surface area (Å²) in [5.41, 5.74) is 1.97. The Morgan fingerprint density at radius 3 is 2.36 bits per heavy atom. The molecule has 8 nitrogen and oxygen atoms in total. The molecule has 0 radical (unpaired) electrons. The molecule has 2 atom stereocenters. The molecule has 0 aliphatic carbocycles. The van der Waals surface area contributed by atoms with Gasteiger partial charge in [0.15, 0.2) is 23.0 Å². The highest BCUT2D eigenvalue weighted by Gasteiger charge is 2.42. The SMILES string of the molecule is CCCNC(=O)[C@@H]1Cc2cc(O)c(O)cc2[C@H](Cc2ccc(O)c(O)c2)N1C(=O)c1ccccc1Cl. The Morgan fingerprint density at radius 1 is 0.972 bits per heavy atom. The number of halogens is 1. The van der Waals surface area contributed by atoms with E-state index in [1.165, 1.54) is 29.2 Å². The van der Waals surface area contributed by atoms with Crippen molar-refractivity contribution >= 4 is 23.4 Å². The number of phenolic OH excluding ortho intramolecular Hbond substituents is 4. The third-order valence-corrected chi connectivity index (χ3v) is 6.67. The summed E-state index contributed by atoms with van der Waals surface area (Å²) in [6.45, 7) is 2.34. The van der Waals surface area contributed by atoms with Gasteiger partial charge in [-0.1, -0.05) is 36.7 Å². The zero-order valence-electron chi connectivity index (χ0n) is 19.6. The summed E-state index contributed by atoms with van der Waals surface area (Å²) in [6.07, 6.45) is 0.976. The van der Waals surface area contributed by atoms with Crippen molar-refractivity contribution in [3.05, 3.63) is 81.9 Å². The maximum atomic E-state index is 14.0. The topological polar surface area (TPSA) is 130 Å². The average molecular weight is 511 g/mol. The van der Waals surface area contributed by atoms with Gasteiger partial charge < -0.3 is 30.6 Å². The fourth-order valence-corrected chi connectivity index (χ4v) is 4.78. The summed E-state index contributed by atoms with van der Waals surface area (Å²) in [7, 11) is 0. The lowest BCUT2D eigenvalue weighted by Gasteiger charge is -2.43. The predicted molar refractivity (Wildman–Crippen MR) is 134 cm³/mol. The number of fused-ring (bicyclic) bond motifs is 1. The Hall–Kier alpha value is -3.91. The molecule has 9 heteroatoms. The second kappa shape index (κ2) is 10.4. The first-order chi connectivity index (χ1) is 17.2. The summed E-state index contributed by atoms with van der Waals surface area (Å²) in [6, 6.07) is 12.0. The van der Waals surface area contributed by atoms with Crippen LogP contribution < -0.4 is 5.32 Å². The molecule has 36 heavy (non-hydrogen) atoms. The van der Waals surface area contributed by atoms with Gasteiger partial charge in [0, 0.05) is 13.0 Å². The van der Waals surface area contributed by atoms with Crippen molar-refractivity contribution < 1.29 is 30.0 Å². The lowest BCUT2D eigenvalue weighted by atomic mass is 9.83. The first kappa shape index (κ1) is 25.2. The van der Waals surface area contributed by atoms with Crippen molar-refractivity contribution in [2.45, 2.75) is 38.3 Å². The summed E-state index contributed by atoms with van der Waals surface area (Å²) < 4.78 is 0. The quantitative estimate of drug-likeness (QED) is 0.318. The van der Waals surface area contributed by atoms with Crippen LogP contribution in [-0.4, -0.2) is 49.7 Å². The van der Waals surface area contributed by atoms with Crippen molar-refractivity contribution in [2.24, 2.45) is 0 Å². The van der Waals surface area contributed by atoms with Gasteiger partial charge >= 0.3 is 0 Å². The summed E-state index contributed by atoms with van der Waals surface area (Å²) in [5, 5.41) is 43.3. The van der Waals surface area contributed by atoms with E-state index in [9.17, 15) is 30.0 Å². The molecule has 4 rings (SSSR count). The third kappa shape index (κ3) is 4.90. The van der Waals surface area contributed by atoms with E-state index in [4.69, 9.17) is 11.6 Å². The third-order valence-electron chi connectivity index (χ3n) is 6.34. The van der Waals surface area contributed by atoms with Crippen LogP contribution in [0.5, 0.6) is 23.0 Å². The van der Waals surface area contributed by atoms with E-state index >= 15 is 0 Å². The van der Waals surface area contributed by atoms with E-state index in [-0.39, 0.29) is 52.3 Å². The largest absolute Gasteiger partial charge is 0.504 e. The zero-order valence-corrected chi connectivity index (χ0v) is 20.4. The first-order valence-electron chi connectivity index (χ1n) is 11.6. The second-order valence-electron chi connectivity index (χ2n) is 8.79. The van der Waals surface area contributed by atoms with E-state index in [2.05, 4.69) is 5.32 Å². The van der Waals surface area contributed by atoms with Gasteiger partial charge in [0.05, 0.1) is 16.6 Å². The first-order valence-corrected chi connectivity index (χ1v) is 12.0. The van der Waals surface area contributed by atoms with Crippen LogP contribution in [0.15, 0.2) is 54.6 Å². The van der Waals surface area contributed by atoms with Gasteiger partial charge in [0.2, 0.25) is 5.91 Å². The second-order valence-corrected chi connectivity index (χ2v) is 9.19. The summed E-state index contributed by atoms with van der Waals surface area (Å²) >= 11 is 6.36. The number of nitrogens with one attached hydrogen (secondary N) is 1. The van der Waals surface area contributed by atoms with Gasteiger partial charge in [0.1, 0.15) is 6.04 Å². The summed E-state index contributed by atoms with van der Waals surface area (Å²) in [4.78, 5) is 28.7. The summed E-state index contributed by atoms with van der Waals surface area (Å²) in [5.74, 6) is -2.11. The Bertz CT molecular complexity index is 1310. The molecule has 3 aromatic rings.